The maximum absolute atomic E-state index is 12.4. The molecule has 0 spiro atoms. The van der Waals surface area contributed by atoms with Crippen LogP contribution in [0, 0.1) is 6.92 Å². The zero-order valence-corrected chi connectivity index (χ0v) is 16.4. The summed E-state index contributed by atoms with van der Waals surface area (Å²) in [5, 5.41) is 3.03. The number of nitrogens with one attached hydrogen (secondary N) is 1. The minimum absolute atomic E-state index is 0.0941. The largest absolute Gasteiger partial charge is 0.481 e. The number of hydrogen-bond acceptors (Lipinski definition) is 3. The quantitative estimate of drug-likeness (QED) is 0.803. The van der Waals surface area contributed by atoms with Crippen molar-refractivity contribution in [3.63, 3.8) is 0 Å². The molecule has 0 aliphatic carbocycles. The van der Waals surface area contributed by atoms with Gasteiger partial charge in [-0.3, -0.25) is 9.69 Å². The van der Waals surface area contributed by atoms with Gasteiger partial charge in [-0.25, -0.2) is 0 Å². The van der Waals surface area contributed by atoms with Crippen molar-refractivity contribution >= 4 is 5.91 Å². The van der Waals surface area contributed by atoms with E-state index in [2.05, 4.69) is 28.4 Å². The summed E-state index contributed by atoms with van der Waals surface area (Å²) in [6.45, 7) is 7.65. The Morgan fingerprint density at radius 3 is 2.41 bits per heavy atom. The molecule has 27 heavy (non-hydrogen) atoms. The average molecular weight is 367 g/mol. The number of ether oxygens (including phenoxy) is 1. The fourth-order valence-electron chi connectivity index (χ4n) is 3.44. The van der Waals surface area contributed by atoms with E-state index < -0.39 is 6.10 Å². The van der Waals surface area contributed by atoms with Crippen LogP contribution in [-0.2, 0) is 17.9 Å². The molecule has 1 atom stereocenters. The molecular formula is C23H30N2O2. The van der Waals surface area contributed by atoms with Crippen molar-refractivity contribution in [2.75, 3.05) is 13.1 Å². The average Bonchev–Trinajstić information content (AvgIpc) is 2.69. The van der Waals surface area contributed by atoms with E-state index >= 15 is 0 Å². The molecule has 1 saturated heterocycles. The molecule has 1 N–H and O–H groups in total. The van der Waals surface area contributed by atoms with Gasteiger partial charge in [0, 0.05) is 13.1 Å². The van der Waals surface area contributed by atoms with Gasteiger partial charge >= 0.3 is 0 Å². The summed E-state index contributed by atoms with van der Waals surface area (Å²) in [4.78, 5) is 14.9. The Bertz CT molecular complexity index is 736. The van der Waals surface area contributed by atoms with Gasteiger partial charge in [0.15, 0.2) is 6.10 Å². The van der Waals surface area contributed by atoms with Crippen molar-refractivity contribution in [1.82, 2.24) is 10.2 Å². The van der Waals surface area contributed by atoms with Crippen LogP contribution in [0.3, 0.4) is 0 Å². The summed E-state index contributed by atoms with van der Waals surface area (Å²) >= 11 is 0. The molecule has 1 aliphatic rings. The number of amides is 1. The number of hydrogen-bond donors (Lipinski definition) is 1. The third kappa shape index (κ3) is 5.83. The van der Waals surface area contributed by atoms with Gasteiger partial charge < -0.3 is 10.1 Å². The van der Waals surface area contributed by atoms with Gasteiger partial charge in [-0.15, -0.1) is 0 Å². The smallest absolute Gasteiger partial charge is 0.261 e. The number of carbonyl (C=O) groups is 1. The lowest BCUT2D eigenvalue weighted by atomic mass is 10.0. The Morgan fingerprint density at radius 1 is 1.04 bits per heavy atom. The van der Waals surface area contributed by atoms with Crippen LogP contribution in [-0.4, -0.2) is 30.0 Å². The Kier molecular flexibility index (Phi) is 6.88. The molecule has 144 valence electrons. The first-order chi connectivity index (χ1) is 13.1. The Morgan fingerprint density at radius 2 is 1.70 bits per heavy atom. The Hall–Kier alpha value is -2.33. The van der Waals surface area contributed by atoms with E-state index in [-0.39, 0.29) is 5.91 Å². The van der Waals surface area contributed by atoms with Crippen LogP contribution in [0.5, 0.6) is 5.75 Å². The first kappa shape index (κ1) is 19.4. The van der Waals surface area contributed by atoms with Crippen LogP contribution in [0.2, 0.25) is 0 Å². The molecule has 1 heterocycles. The third-order valence-electron chi connectivity index (χ3n) is 5.12. The molecule has 4 nitrogen and oxygen atoms in total. The van der Waals surface area contributed by atoms with E-state index in [4.69, 9.17) is 4.74 Å². The maximum atomic E-state index is 12.4. The van der Waals surface area contributed by atoms with Gasteiger partial charge in [-0.05, 0) is 63.0 Å². The number of nitrogens with zero attached hydrogens (tertiary/aromatic N) is 1. The highest BCUT2D eigenvalue weighted by molar-refractivity contribution is 5.80. The summed E-state index contributed by atoms with van der Waals surface area (Å²) in [5.74, 6) is 0.622. The van der Waals surface area contributed by atoms with E-state index in [9.17, 15) is 4.79 Å². The monoisotopic (exact) mass is 366 g/mol. The van der Waals surface area contributed by atoms with Crippen LogP contribution in [0.4, 0.5) is 0 Å². The van der Waals surface area contributed by atoms with Crippen molar-refractivity contribution in [2.45, 2.75) is 52.3 Å². The predicted molar refractivity (Wildman–Crippen MR) is 109 cm³/mol. The van der Waals surface area contributed by atoms with Gasteiger partial charge in [-0.2, -0.15) is 0 Å². The number of piperidine rings is 1. The minimum atomic E-state index is -0.526. The second kappa shape index (κ2) is 9.56. The molecule has 0 saturated carbocycles. The van der Waals surface area contributed by atoms with Crippen molar-refractivity contribution in [3.8, 4) is 5.75 Å². The Labute approximate surface area is 162 Å². The van der Waals surface area contributed by atoms with E-state index in [0.717, 1.165) is 6.54 Å². The molecule has 0 unspecified atom stereocenters. The predicted octanol–water partition coefficient (Wildman–Crippen LogP) is 4.06. The highest BCUT2D eigenvalue weighted by atomic mass is 16.5. The first-order valence-electron chi connectivity index (χ1n) is 9.92. The van der Waals surface area contributed by atoms with Crippen LogP contribution in [0.15, 0.2) is 48.5 Å². The molecule has 2 aromatic rings. The standard InChI is InChI=1S/C23H30N2O2/c1-18-10-12-22(13-11-18)27-19(2)23(26)24-16-20-8-4-5-9-21(20)17-25-14-6-3-7-15-25/h4-5,8-13,19H,3,6-7,14-17H2,1-2H3,(H,24,26)/t19-/m0/s1. The van der Waals surface area contributed by atoms with Gasteiger partial charge in [0.05, 0.1) is 0 Å². The number of benzene rings is 2. The minimum Gasteiger partial charge on any atom is -0.481 e. The van der Waals surface area contributed by atoms with Gasteiger partial charge in [0.1, 0.15) is 5.75 Å². The molecule has 0 aromatic heterocycles. The highest BCUT2D eigenvalue weighted by Crippen LogP contribution is 2.17. The molecule has 2 aromatic carbocycles. The Balaban J connectivity index is 1.54. The van der Waals surface area contributed by atoms with E-state index in [0.29, 0.717) is 12.3 Å². The summed E-state index contributed by atoms with van der Waals surface area (Å²) in [6, 6.07) is 16.1. The lowest BCUT2D eigenvalue weighted by Crippen LogP contribution is -2.36. The molecule has 1 fully saturated rings. The molecule has 4 heteroatoms. The number of likely N-dealkylation sites (tertiary alicyclic amines) is 1. The van der Waals surface area contributed by atoms with Crippen molar-refractivity contribution in [1.29, 1.82) is 0 Å². The molecule has 1 aliphatic heterocycles. The molecule has 0 radical (unpaired) electrons. The maximum Gasteiger partial charge on any atom is 0.261 e. The highest BCUT2D eigenvalue weighted by Gasteiger charge is 2.16. The van der Waals surface area contributed by atoms with E-state index in [1.165, 1.54) is 49.0 Å². The van der Waals surface area contributed by atoms with Gasteiger partial charge in [0.2, 0.25) is 0 Å². The molecular weight excluding hydrogens is 336 g/mol. The fraction of sp³-hybridized carbons (Fsp3) is 0.435. The van der Waals surface area contributed by atoms with Crippen molar-refractivity contribution < 1.29 is 9.53 Å². The normalized spacial score (nSPS) is 15.9. The van der Waals surface area contributed by atoms with Crippen LogP contribution in [0.1, 0.15) is 42.9 Å². The summed E-state index contributed by atoms with van der Waals surface area (Å²) in [6.07, 6.45) is 3.38. The topological polar surface area (TPSA) is 41.6 Å². The molecule has 0 bridgehead atoms. The summed E-state index contributed by atoms with van der Waals surface area (Å²) in [5.41, 5.74) is 3.65. The first-order valence-corrected chi connectivity index (χ1v) is 9.92. The van der Waals surface area contributed by atoms with Gasteiger partial charge in [0.25, 0.3) is 5.91 Å². The lowest BCUT2D eigenvalue weighted by molar-refractivity contribution is -0.127. The van der Waals surface area contributed by atoms with Crippen LogP contribution in [0.25, 0.3) is 0 Å². The fourth-order valence-corrected chi connectivity index (χ4v) is 3.44. The SMILES string of the molecule is Cc1ccc(O[C@@H](C)C(=O)NCc2ccccc2CN2CCCCC2)cc1. The third-order valence-corrected chi connectivity index (χ3v) is 5.12. The molecule has 3 rings (SSSR count). The molecule has 1 amide bonds. The van der Waals surface area contributed by atoms with E-state index in [1.807, 2.05) is 37.3 Å². The zero-order valence-electron chi connectivity index (χ0n) is 16.4. The second-order valence-electron chi connectivity index (χ2n) is 7.40. The number of carbonyl (C=O) groups excluding carboxylic acids is 1. The second-order valence-corrected chi connectivity index (χ2v) is 7.40. The zero-order chi connectivity index (χ0) is 19.1. The van der Waals surface area contributed by atoms with Crippen LogP contribution < -0.4 is 10.1 Å². The summed E-state index contributed by atoms with van der Waals surface area (Å²) in [7, 11) is 0. The van der Waals surface area contributed by atoms with Gasteiger partial charge in [-0.1, -0.05) is 48.4 Å². The number of aryl methyl sites for hydroxylation is 1. The van der Waals surface area contributed by atoms with Crippen molar-refractivity contribution in [2.24, 2.45) is 0 Å². The van der Waals surface area contributed by atoms with Crippen molar-refractivity contribution in [3.05, 3.63) is 65.2 Å². The lowest BCUT2D eigenvalue weighted by Gasteiger charge is -2.27. The summed E-state index contributed by atoms with van der Waals surface area (Å²) < 4.78 is 5.75. The van der Waals surface area contributed by atoms with E-state index in [1.54, 1.807) is 6.92 Å². The number of rotatable bonds is 7. The van der Waals surface area contributed by atoms with Crippen LogP contribution >= 0.6 is 0 Å².